The van der Waals surface area contributed by atoms with E-state index in [1.807, 2.05) is 30.3 Å². The summed E-state index contributed by atoms with van der Waals surface area (Å²) in [6.45, 7) is 0. The Bertz CT molecular complexity index is 3040. The molecule has 8 aromatic carbocycles. The molecule has 49 heavy (non-hydrogen) atoms. The summed E-state index contributed by atoms with van der Waals surface area (Å²) >= 11 is 0. The van der Waals surface area contributed by atoms with E-state index in [1.54, 1.807) is 0 Å². The van der Waals surface area contributed by atoms with E-state index in [4.69, 9.17) is 13.3 Å². The second kappa shape index (κ2) is 9.96. The lowest BCUT2D eigenvalue weighted by Gasteiger charge is -2.18. The number of fused-ring (bicyclic) bond motifs is 10. The number of rotatable bonds is 3. The van der Waals surface area contributed by atoms with Crippen LogP contribution in [0.15, 0.2) is 171 Å². The van der Waals surface area contributed by atoms with Crippen LogP contribution in [0.1, 0.15) is 0 Å². The van der Waals surface area contributed by atoms with Crippen molar-refractivity contribution >= 4 is 76.4 Å². The summed E-state index contributed by atoms with van der Waals surface area (Å²) in [5.41, 5.74) is 9.71. The average Bonchev–Trinajstić information content (AvgIpc) is 3.85. The molecule has 0 saturated carbocycles. The van der Waals surface area contributed by atoms with E-state index in [-0.39, 0.29) is 0 Å². The summed E-state index contributed by atoms with van der Waals surface area (Å²) in [6, 6.07) is 55.4. The van der Waals surface area contributed by atoms with Crippen molar-refractivity contribution in [2.24, 2.45) is 0 Å². The van der Waals surface area contributed by atoms with Crippen LogP contribution in [0.2, 0.25) is 0 Å². The second-order valence-corrected chi connectivity index (χ2v) is 12.7. The standard InChI is InChI=1S/C46H26O3/c1-2-12-27(13-3-1)44-43(37-25-24-36-30-15-9-11-21-39(30)48-45(36)46(37)49-44)42-34-18-6-4-16-32(34)41(33-17-5-7-19-35(33)42)28-22-23-31-29-14-8-10-20-38(29)47-40(31)26-28/h1-26H. The molecule has 0 atom stereocenters. The molecular weight excluding hydrogens is 601 g/mol. The van der Waals surface area contributed by atoms with E-state index in [1.165, 1.54) is 16.3 Å². The van der Waals surface area contributed by atoms with Crippen molar-refractivity contribution in [3.8, 4) is 33.6 Å². The molecule has 0 amide bonds. The third-order valence-corrected chi connectivity index (χ3v) is 10.1. The molecule has 0 saturated heterocycles. The van der Waals surface area contributed by atoms with Crippen molar-refractivity contribution < 1.29 is 13.3 Å². The summed E-state index contributed by atoms with van der Waals surface area (Å²) in [6.07, 6.45) is 0. The summed E-state index contributed by atoms with van der Waals surface area (Å²) in [5.74, 6) is 0.829. The molecule has 0 unspecified atom stereocenters. The van der Waals surface area contributed by atoms with Crippen molar-refractivity contribution in [2.75, 3.05) is 0 Å². The highest BCUT2D eigenvalue weighted by atomic mass is 16.4. The molecule has 0 spiro atoms. The molecule has 3 heterocycles. The topological polar surface area (TPSA) is 39.4 Å². The Morgan fingerprint density at radius 3 is 1.45 bits per heavy atom. The fraction of sp³-hybridized carbons (Fsp3) is 0. The molecule has 0 bridgehead atoms. The van der Waals surface area contributed by atoms with Gasteiger partial charge in [0.25, 0.3) is 0 Å². The fourth-order valence-corrected chi connectivity index (χ4v) is 7.97. The van der Waals surface area contributed by atoms with Gasteiger partial charge in [-0.1, -0.05) is 121 Å². The van der Waals surface area contributed by atoms with E-state index in [9.17, 15) is 0 Å². The van der Waals surface area contributed by atoms with Gasteiger partial charge in [-0.05, 0) is 69.1 Å². The Morgan fingerprint density at radius 2 is 0.755 bits per heavy atom. The summed E-state index contributed by atoms with van der Waals surface area (Å²) in [4.78, 5) is 0. The molecule has 0 radical (unpaired) electrons. The zero-order valence-electron chi connectivity index (χ0n) is 26.2. The smallest absolute Gasteiger partial charge is 0.178 e. The van der Waals surface area contributed by atoms with Gasteiger partial charge in [0.2, 0.25) is 0 Å². The SMILES string of the molecule is c1ccc(-c2oc3c(ccc4c5ccccc5oc43)c2-c2c3ccccc3c(-c3ccc4c(c3)oc3ccccc34)c3ccccc23)cc1. The Kier molecular flexibility index (Phi) is 5.38. The first-order chi connectivity index (χ1) is 24.3. The molecule has 0 N–H and O–H groups in total. The van der Waals surface area contributed by atoms with Crippen LogP contribution in [0, 0.1) is 0 Å². The Balaban J connectivity index is 1.27. The lowest BCUT2D eigenvalue weighted by Crippen LogP contribution is -1.91. The highest BCUT2D eigenvalue weighted by Crippen LogP contribution is 2.51. The molecule has 0 fully saturated rings. The average molecular weight is 627 g/mol. The van der Waals surface area contributed by atoms with Crippen LogP contribution in [0.4, 0.5) is 0 Å². The monoisotopic (exact) mass is 626 g/mol. The van der Waals surface area contributed by atoms with Gasteiger partial charge in [-0.3, -0.25) is 0 Å². The minimum atomic E-state index is 0.759. The second-order valence-electron chi connectivity index (χ2n) is 12.7. The van der Waals surface area contributed by atoms with Gasteiger partial charge >= 0.3 is 0 Å². The molecule has 0 aliphatic heterocycles. The van der Waals surface area contributed by atoms with Crippen molar-refractivity contribution in [3.63, 3.8) is 0 Å². The van der Waals surface area contributed by atoms with Crippen molar-refractivity contribution in [1.29, 1.82) is 0 Å². The molecule has 11 aromatic rings. The Morgan fingerprint density at radius 1 is 0.265 bits per heavy atom. The maximum atomic E-state index is 6.97. The lowest BCUT2D eigenvalue weighted by atomic mass is 9.84. The molecule has 11 rings (SSSR count). The molecule has 0 aliphatic carbocycles. The number of hydrogen-bond donors (Lipinski definition) is 0. The summed E-state index contributed by atoms with van der Waals surface area (Å²) in [5, 5.41) is 10.1. The van der Waals surface area contributed by atoms with Crippen molar-refractivity contribution in [1.82, 2.24) is 0 Å². The minimum absolute atomic E-state index is 0.759. The van der Waals surface area contributed by atoms with E-state index in [0.717, 1.165) is 93.6 Å². The fourth-order valence-electron chi connectivity index (χ4n) is 7.97. The molecule has 228 valence electrons. The number of hydrogen-bond acceptors (Lipinski definition) is 3. The molecule has 0 aliphatic rings. The number of furan rings is 3. The third-order valence-electron chi connectivity index (χ3n) is 10.1. The van der Waals surface area contributed by atoms with Crippen LogP contribution in [0.25, 0.3) is 110 Å². The van der Waals surface area contributed by atoms with Crippen LogP contribution in [0.5, 0.6) is 0 Å². The van der Waals surface area contributed by atoms with Crippen LogP contribution in [-0.2, 0) is 0 Å². The highest BCUT2D eigenvalue weighted by molar-refractivity contribution is 6.27. The lowest BCUT2D eigenvalue weighted by molar-refractivity contribution is 0.612. The normalized spacial score (nSPS) is 12.1. The van der Waals surface area contributed by atoms with Crippen LogP contribution >= 0.6 is 0 Å². The van der Waals surface area contributed by atoms with Crippen LogP contribution in [-0.4, -0.2) is 0 Å². The van der Waals surface area contributed by atoms with Crippen LogP contribution in [0.3, 0.4) is 0 Å². The molecule has 3 nitrogen and oxygen atoms in total. The highest BCUT2D eigenvalue weighted by Gasteiger charge is 2.26. The summed E-state index contributed by atoms with van der Waals surface area (Å²) in [7, 11) is 0. The van der Waals surface area contributed by atoms with E-state index in [2.05, 4.69) is 127 Å². The maximum absolute atomic E-state index is 6.97. The van der Waals surface area contributed by atoms with Gasteiger partial charge < -0.3 is 13.3 Å². The molecule has 3 aromatic heterocycles. The van der Waals surface area contributed by atoms with Gasteiger partial charge in [0.05, 0.1) is 0 Å². The largest absolute Gasteiger partial charge is 0.456 e. The van der Waals surface area contributed by atoms with E-state index < -0.39 is 0 Å². The predicted molar refractivity (Wildman–Crippen MR) is 202 cm³/mol. The van der Waals surface area contributed by atoms with Gasteiger partial charge in [-0.15, -0.1) is 0 Å². The van der Waals surface area contributed by atoms with E-state index >= 15 is 0 Å². The van der Waals surface area contributed by atoms with E-state index in [0.29, 0.717) is 0 Å². The van der Waals surface area contributed by atoms with Crippen LogP contribution < -0.4 is 0 Å². The maximum Gasteiger partial charge on any atom is 0.178 e. The quantitative estimate of drug-likeness (QED) is 0.183. The zero-order valence-corrected chi connectivity index (χ0v) is 26.2. The Hall–Kier alpha value is -6.58. The summed E-state index contributed by atoms with van der Waals surface area (Å²) < 4.78 is 19.8. The number of benzene rings is 8. The first-order valence-electron chi connectivity index (χ1n) is 16.6. The third kappa shape index (κ3) is 3.73. The van der Waals surface area contributed by atoms with Gasteiger partial charge in [0.15, 0.2) is 11.2 Å². The minimum Gasteiger partial charge on any atom is -0.456 e. The van der Waals surface area contributed by atoms with Crippen molar-refractivity contribution in [2.45, 2.75) is 0 Å². The first kappa shape index (κ1) is 26.5. The van der Waals surface area contributed by atoms with Gasteiger partial charge in [0, 0.05) is 43.6 Å². The number of para-hydroxylation sites is 2. The van der Waals surface area contributed by atoms with Gasteiger partial charge in [0.1, 0.15) is 22.5 Å². The zero-order chi connectivity index (χ0) is 32.1. The van der Waals surface area contributed by atoms with Crippen molar-refractivity contribution in [3.05, 3.63) is 158 Å². The predicted octanol–water partition coefficient (Wildman–Crippen LogP) is 13.5. The Labute approximate surface area is 280 Å². The first-order valence-corrected chi connectivity index (χ1v) is 16.6. The molecule has 3 heteroatoms. The van der Waals surface area contributed by atoms with Gasteiger partial charge in [-0.25, -0.2) is 0 Å². The molecular formula is C46H26O3. The van der Waals surface area contributed by atoms with Gasteiger partial charge in [-0.2, -0.15) is 0 Å².